The molecule has 1 amide bonds. The third kappa shape index (κ3) is 4.53. The molecule has 140 valence electrons. The number of rotatable bonds is 6. The van der Waals surface area contributed by atoms with E-state index in [1.165, 1.54) is 0 Å². The van der Waals surface area contributed by atoms with Crippen molar-refractivity contribution in [2.75, 3.05) is 20.6 Å². The van der Waals surface area contributed by atoms with Crippen molar-refractivity contribution in [3.8, 4) is 11.3 Å². The number of H-pyrrole nitrogens is 1. The van der Waals surface area contributed by atoms with Crippen molar-refractivity contribution in [3.63, 3.8) is 0 Å². The molecule has 0 spiro atoms. The maximum atomic E-state index is 12.5. The molecule has 0 aliphatic heterocycles. The number of aryl methyl sites for hydroxylation is 1. The molecular weight excluding hydrogens is 358 g/mol. The van der Waals surface area contributed by atoms with Crippen molar-refractivity contribution in [1.82, 2.24) is 15.2 Å². The largest absolute Gasteiger partial charge is 0.350 e. The first kappa shape index (κ1) is 19.1. The molecule has 0 radical (unpaired) electrons. The highest BCUT2D eigenvalue weighted by Gasteiger charge is 2.17. The van der Waals surface area contributed by atoms with Crippen molar-refractivity contribution >= 4 is 17.2 Å². The van der Waals surface area contributed by atoms with Gasteiger partial charge in [-0.05, 0) is 67.2 Å². The molecular formula is C21H23N3O2S. The monoisotopic (exact) mass is 381 g/mol. The van der Waals surface area contributed by atoms with Crippen molar-refractivity contribution < 1.29 is 4.79 Å². The average molecular weight is 382 g/mol. The lowest BCUT2D eigenvalue weighted by molar-refractivity contribution is 0.0940. The predicted molar refractivity (Wildman–Crippen MR) is 110 cm³/mol. The van der Waals surface area contributed by atoms with E-state index in [1.807, 2.05) is 61.6 Å². The summed E-state index contributed by atoms with van der Waals surface area (Å²) in [5.41, 5.74) is 3.61. The van der Waals surface area contributed by atoms with E-state index in [0.29, 0.717) is 12.2 Å². The number of likely N-dealkylation sites (N-methyl/N-ethyl adjacent to an activating group) is 1. The second kappa shape index (κ2) is 8.33. The second-order valence-electron chi connectivity index (χ2n) is 6.73. The van der Waals surface area contributed by atoms with E-state index in [0.717, 1.165) is 16.7 Å². The molecule has 1 aromatic carbocycles. The molecule has 0 saturated heterocycles. The predicted octanol–water partition coefficient (Wildman–Crippen LogP) is 3.44. The molecule has 2 aromatic heterocycles. The van der Waals surface area contributed by atoms with Gasteiger partial charge in [-0.3, -0.25) is 9.59 Å². The van der Waals surface area contributed by atoms with Crippen LogP contribution in [-0.4, -0.2) is 36.4 Å². The van der Waals surface area contributed by atoms with Gasteiger partial charge in [0.15, 0.2) is 0 Å². The molecule has 0 aliphatic rings. The molecule has 2 N–H and O–H groups in total. The van der Waals surface area contributed by atoms with Crippen molar-refractivity contribution in [3.05, 3.63) is 80.3 Å². The number of amides is 1. The van der Waals surface area contributed by atoms with Crippen molar-refractivity contribution in [1.29, 1.82) is 0 Å². The Kier molecular flexibility index (Phi) is 5.88. The van der Waals surface area contributed by atoms with Gasteiger partial charge in [0.25, 0.3) is 11.5 Å². The van der Waals surface area contributed by atoms with Gasteiger partial charge in [-0.15, -0.1) is 0 Å². The molecule has 1 atom stereocenters. The van der Waals surface area contributed by atoms with Gasteiger partial charge < -0.3 is 15.2 Å². The quantitative estimate of drug-likeness (QED) is 0.687. The van der Waals surface area contributed by atoms with E-state index in [4.69, 9.17) is 0 Å². The number of pyridine rings is 1. The summed E-state index contributed by atoms with van der Waals surface area (Å²) in [6, 6.07) is 13.3. The Labute approximate surface area is 162 Å². The van der Waals surface area contributed by atoms with Crippen LogP contribution in [0.2, 0.25) is 0 Å². The highest BCUT2D eigenvalue weighted by Crippen LogP contribution is 2.20. The number of nitrogens with zero attached hydrogens (tertiary/aromatic N) is 1. The number of hydrogen-bond donors (Lipinski definition) is 2. The summed E-state index contributed by atoms with van der Waals surface area (Å²) in [6.07, 6.45) is 0. The molecule has 27 heavy (non-hydrogen) atoms. The van der Waals surface area contributed by atoms with E-state index < -0.39 is 0 Å². The zero-order valence-corrected chi connectivity index (χ0v) is 16.5. The molecule has 0 aliphatic carbocycles. The number of thiophene rings is 1. The zero-order valence-electron chi connectivity index (χ0n) is 15.7. The standard InChI is InChI=1S/C21H23N3O2S/c1-14-5-4-6-15(11-14)18-8-7-17(21(26)23-18)20(25)22-12-19(24(2)3)16-9-10-27-13-16/h4-11,13,19H,12H2,1-3H3,(H,22,25)(H,23,26). The summed E-state index contributed by atoms with van der Waals surface area (Å²) in [5, 5.41) is 6.97. The Morgan fingerprint density at radius 3 is 2.67 bits per heavy atom. The van der Waals surface area contributed by atoms with Gasteiger partial charge >= 0.3 is 0 Å². The minimum atomic E-state index is -0.386. The third-order valence-electron chi connectivity index (χ3n) is 4.49. The summed E-state index contributed by atoms with van der Waals surface area (Å²) in [4.78, 5) is 29.8. The first-order chi connectivity index (χ1) is 13.0. The average Bonchev–Trinajstić information content (AvgIpc) is 3.15. The number of hydrogen-bond acceptors (Lipinski definition) is 4. The molecule has 0 saturated carbocycles. The molecule has 3 rings (SSSR count). The Morgan fingerprint density at radius 2 is 2.04 bits per heavy atom. The normalized spacial score (nSPS) is 12.1. The number of benzene rings is 1. The first-order valence-corrected chi connectivity index (χ1v) is 9.67. The van der Waals surface area contributed by atoms with Crippen LogP contribution in [0.15, 0.2) is 58.0 Å². The summed E-state index contributed by atoms with van der Waals surface area (Å²) in [5.74, 6) is -0.367. The van der Waals surface area contributed by atoms with E-state index in [2.05, 4.69) is 15.7 Å². The first-order valence-electron chi connectivity index (χ1n) is 8.73. The van der Waals surface area contributed by atoms with Gasteiger partial charge in [-0.2, -0.15) is 11.3 Å². The van der Waals surface area contributed by atoms with Gasteiger partial charge in [0.05, 0.1) is 6.04 Å². The van der Waals surface area contributed by atoms with Gasteiger partial charge in [0, 0.05) is 12.2 Å². The maximum Gasteiger partial charge on any atom is 0.261 e. The Bertz CT molecular complexity index is 977. The fraction of sp³-hybridized carbons (Fsp3) is 0.238. The summed E-state index contributed by atoms with van der Waals surface area (Å²) in [6.45, 7) is 2.43. The van der Waals surface area contributed by atoms with Gasteiger partial charge in [0.1, 0.15) is 5.56 Å². The smallest absolute Gasteiger partial charge is 0.261 e. The molecule has 3 aromatic rings. The Balaban J connectivity index is 1.74. The molecule has 6 heteroatoms. The second-order valence-corrected chi connectivity index (χ2v) is 7.51. The molecule has 0 bridgehead atoms. The Morgan fingerprint density at radius 1 is 1.22 bits per heavy atom. The van der Waals surface area contributed by atoms with Gasteiger partial charge in [0.2, 0.25) is 0 Å². The van der Waals surface area contributed by atoms with Crippen molar-refractivity contribution in [2.45, 2.75) is 13.0 Å². The third-order valence-corrected chi connectivity index (χ3v) is 5.19. The Hall–Kier alpha value is -2.70. The molecule has 5 nitrogen and oxygen atoms in total. The summed E-state index contributed by atoms with van der Waals surface area (Å²) in [7, 11) is 3.94. The topological polar surface area (TPSA) is 65.2 Å². The molecule has 0 fully saturated rings. The number of carbonyl (C=O) groups excluding carboxylic acids is 1. The lowest BCUT2D eigenvalue weighted by atomic mass is 10.1. The number of aromatic amines is 1. The van der Waals surface area contributed by atoms with Crippen LogP contribution < -0.4 is 10.9 Å². The van der Waals surface area contributed by atoms with Crippen molar-refractivity contribution in [2.24, 2.45) is 0 Å². The maximum absolute atomic E-state index is 12.5. The highest BCUT2D eigenvalue weighted by molar-refractivity contribution is 7.07. The fourth-order valence-corrected chi connectivity index (χ4v) is 3.69. The van der Waals surface area contributed by atoms with Crippen LogP contribution in [0.5, 0.6) is 0 Å². The van der Waals surface area contributed by atoms with E-state index in [1.54, 1.807) is 23.5 Å². The van der Waals surface area contributed by atoms with Crippen LogP contribution in [0.3, 0.4) is 0 Å². The van der Waals surface area contributed by atoms with Crippen LogP contribution in [0.25, 0.3) is 11.3 Å². The number of carbonyl (C=O) groups is 1. The zero-order chi connectivity index (χ0) is 19.4. The molecule has 2 heterocycles. The van der Waals surface area contributed by atoms with Gasteiger partial charge in [-0.25, -0.2) is 0 Å². The minimum Gasteiger partial charge on any atom is -0.350 e. The van der Waals surface area contributed by atoms with Crippen LogP contribution in [0, 0.1) is 6.92 Å². The van der Waals surface area contributed by atoms with Crippen LogP contribution in [-0.2, 0) is 0 Å². The molecule has 1 unspecified atom stereocenters. The summed E-state index contributed by atoms with van der Waals surface area (Å²) >= 11 is 1.62. The van der Waals surface area contributed by atoms with E-state index >= 15 is 0 Å². The minimum absolute atomic E-state index is 0.0610. The lowest BCUT2D eigenvalue weighted by Crippen LogP contribution is -2.36. The SMILES string of the molecule is Cc1cccc(-c2ccc(C(=O)NCC(c3ccsc3)N(C)C)c(=O)[nH]2)c1. The van der Waals surface area contributed by atoms with E-state index in [-0.39, 0.29) is 23.1 Å². The van der Waals surface area contributed by atoms with Crippen LogP contribution in [0.1, 0.15) is 27.5 Å². The highest BCUT2D eigenvalue weighted by atomic mass is 32.1. The number of nitrogens with one attached hydrogen (secondary N) is 2. The fourth-order valence-electron chi connectivity index (χ4n) is 2.98. The van der Waals surface area contributed by atoms with E-state index in [9.17, 15) is 9.59 Å². The lowest BCUT2D eigenvalue weighted by Gasteiger charge is -2.23. The van der Waals surface area contributed by atoms with Crippen LogP contribution in [0.4, 0.5) is 0 Å². The van der Waals surface area contributed by atoms with Gasteiger partial charge in [-0.1, -0.05) is 23.8 Å². The van der Waals surface area contributed by atoms with Crippen LogP contribution >= 0.6 is 11.3 Å². The summed E-state index contributed by atoms with van der Waals surface area (Å²) < 4.78 is 0. The number of aromatic nitrogens is 1.